The average Bonchev–Trinajstić information content (AvgIpc) is 2.66. The Bertz CT molecular complexity index is 662. The third-order valence-corrected chi connectivity index (χ3v) is 2.82. The molecule has 1 atom stereocenters. The molecule has 5 nitrogen and oxygen atoms in total. The molecule has 0 spiro atoms. The van der Waals surface area contributed by atoms with Gasteiger partial charge in [0.25, 0.3) is 5.91 Å². The summed E-state index contributed by atoms with van der Waals surface area (Å²) >= 11 is 0. The molecular formula is C13H12FNO4. The molecule has 0 aliphatic carbocycles. The molecule has 0 saturated heterocycles. The molecule has 6 heteroatoms. The number of carbonyl (C=O) groups excluding carboxylic acids is 1. The Morgan fingerprint density at radius 3 is 2.74 bits per heavy atom. The number of rotatable bonds is 3. The lowest BCUT2D eigenvalue weighted by atomic mass is 10.1. The molecule has 2 aromatic rings. The smallest absolute Gasteiger partial charge is 0.325 e. The van der Waals surface area contributed by atoms with Gasteiger partial charge in [0.2, 0.25) is 0 Å². The second kappa shape index (κ2) is 4.72. The van der Waals surface area contributed by atoms with Crippen molar-refractivity contribution in [3.63, 3.8) is 0 Å². The first-order chi connectivity index (χ1) is 8.90. The lowest BCUT2D eigenvalue weighted by Crippen LogP contribution is -2.38. The molecule has 0 aliphatic heterocycles. The van der Waals surface area contributed by atoms with Crippen LogP contribution in [0.3, 0.4) is 0 Å². The van der Waals surface area contributed by atoms with Gasteiger partial charge in [-0.1, -0.05) is 0 Å². The summed E-state index contributed by atoms with van der Waals surface area (Å²) in [7, 11) is 0. The van der Waals surface area contributed by atoms with Gasteiger partial charge in [-0.25, -0.2) is 4.39 Å². The Morgan fingerprint density at radius 2 is 2.11 bits per heavy atom. The van der Waals surface area contributed by atoms with Crippen LogP contribution in [-0.2, 0) is 4.79 Å². The normalized spacial score (nSPS) is 12.4. The minimum atomic E-state index is -1.15. The van der Waals surface area contributed by atoms with E-state index in [0.29, 0.717) is 16.5 Å². The lowest BCUT2D eigenvalue weighted by Gasteiger charge is -2.07. The largest absolute Gasteiger partial charge is 0.480 e. The van der Waals surface area contributed by atoms with Gasteiger partial charge in [0.1, 0.15) is 17.4 Å². The second-order valence-corrected chi connectivity index (χ2v) is 4.23. The fourth-order valence-corrected chi connectivity index (χ4v) is 1.73. The van der Waals surface area contributed by atoms with Crippen LogP contribution in [0.15, 0.2) is 22.6 Å². The molecule has 2 N–H and O–H groups in total. The van der Waals surface area contributed by atoms with Gasteiger partial charge < -0.3 is 14.8 Å². The highest BCUT2D eigenvalue weighted by Gasteiger charge is 2.21. The van der Waals surface area contributed by atoms with E-state index in [1.807, 2.05) is 0 Å². The minimum absolute atomic E-state index is 0.00583. The number of hydrogen-bond donors (Lipinski definition) is 2. The number of benzene rings is 1. The van der Waals surface area contributed by atoms with Gasteiger partial charge in [0.05, 0.1) is 0 Å². The van der Waals surface area contributed by atoms with Gasteiger partial charge in [0.15, 0.2) is 5.76 Å². The van der Waals surface area contributed by atoms with Crippen LogP contribution in [0.4, 0.5) is 4.39 Å². The highest BCUT2D eigenvalue weighted by molar-refractivity contribution is 6.00. The Balaban J connectivity index is 2.37. The summed E-state index contributed by atoms with van der Waals surface area (Å²) in [6, 6.07) is 2.89. The first kappa shape index (κ1) is 13.1. The molecule has 100 valence electrons. The van der Waals surface area contributed by atoms with Crippen LogP contribution in [0.5, 0.6) is 0 Å². The van der Waals surface area contributed by atoms with E-state index >= 15 is 0 Å². The van der Waals surface area contributed by atoms with Crippen LogP contribution in [0.25, 0.3) is 11.0 Å². The van der Waals surface area contributed by atoms with E-state index in [2.05, 4.69) is 5.32 Å². The highest BCUT2D eigenvalue weighted by Crippen LogP contribution is 2.25. The Hall–Kier alpha value is -2.37. The van der Waals surface area contributed by atoms with E-state index in [1.54, 1.807) is 6.92 Å². The monoisotopic (exact) mass is 265 g/mol. The maximum absolute atomic E-state index is 13.1. The summed E-state index contributed by atoms with van der Waals surface area (Å²) in [5.41, 5.74) is 0.858. The molecule has 1 heterocycles. The van der Waals surface area contributed by atoms with Crippen molar-refractivity contribution >= 4 is 22.8 Å². The number of carboxylic acids is 1. The molecular weight excluding hydrogens is 253 g/mol. The van der Waals surface area contributed by atoms with Crippen LogP contribution >= 0.6 is 0 Å². The molecule has 1 aromatic carbocycles. The van der Waals surface area contributed by atoms with Gasteiger partial charge in [0, 0.05) is 10.9 Å². The van der Waals surface area contributed by atoms with E-state index in [4.69, 9.17) is 9.52 Å². The van der Waals surface area contributed by atoms with Gasteiger partial charge in [-0.3, -0.25) is 9.59 Å². The van der Waals surface area contributed by atoms with Crippen molar-refractivity contribution in [3.05, 3.63) is 35.3 Å². The number of nitrogens with one attached hydrogen (secondary N) is 1. The van der Waals surface area contributed by atoms with Crippen LogP contribution in [0.2, 0.25) is 0 Å². The zero-order valence-corrected chi connectivity index (χ0v) is 10.4. The van der Waals surface area contributed by atoms with Crippen molar-refractivity contribution in [2.24, 2.45) is 0 Å². The topological polar surface area (TPSA) is 79.5 Å². The molecule has 1 aromatic heterocycles. The summed E-state index contributed by atoms with van der Waals surface area (Å²) in [4.78, 5) is 22.5. The zero-order valence-electron chi connectivity index (χ0n) is 10.4. The fraction of sp³-hybridized carbons (Fsp3) is 0.231. The molecule has 0 bridgehead atoms. The Labute approximate surface area is 108 Å². The number of halogens is 1. The quantitative estimate of drug-likeness (QED) is 0.890. The van der Waals surface area contributed by atoms with E-state index in [9.17, 15) is 14.0 Å². The van der Waals surface area contributed by atoms with Gasteiger partial charge >= 0.3 is 5.97 Å². The Kier molecular flexibility index (Phi) is 3.25. The molecule has 0 saturated carbocycles. The number of aliphatic carboxylic acids is 1. The molecule has 1 unspecified atom stereocenters. The summed E-state index contributed by atoms with van der Waals surface area (Å²) in [5.74, 6) is -2.21. The predicted molar refractivity (Wildman–Crippen MR) is 65.5 cm³/mol. The Morgan fingerprint density at radius 1 is 1.42 bits per heavy atom. The predicted octanol–water partition coefficient (Wildman–Crippen LogP) is 2.08. The lowest BCUT2D eigenvalue weighted by molar-refractivity contribution is -0.138. The highest BCUT2D eigenvalue weighted by atomic mass is 19.1. The van der Waals surface area contributed by atoms with Crippen LogP contribution in [0.1, 0.15) is 23.0 Å². The maximum Gasteiger partial charge on any atom is 0.325 e. The van der Waals surface area contributed by atoms with E-state index in [1.165, 1.54) is 25.1 Å². The van der Waals surface area contributed by atoms with Gasteiger partial charge in [-0.2, -0.15) is 0 Å². The van der Waals surface area contributed by atoms with Gasteiger partial charge in [-0.05, 0) is 32.0 Å². The van der Waals surface area contributed by atoms with Crippen LogP contribution in [0, 0.1) is 12.7 Å². The SMILES string of the molecule is Cc1c(C(=O)NC(C)C(=O)O)oc2ccc(F)cc12. The number of hydrogen-bond acceptors (Lipinski definition) is 3. The molecule has 2 rings (SSSR count). The third kappa shape index (κ3) is 2.42. The first-order valence-electron chi connectivity index (χ1n) is 5.62. The molecule has 1 amide bonds. The summed E-state index contributed by atoms with van der Waals surface area (Å²) in [6.45, 7) is 2.96. The van der Waals surface area contributed by atoms with Crippen LogP contribution < -0.4 is 5.32 Å². The number of amides is 1. The first-order valence-corrected chi connectivity index (χ1v) is 5.62. The minimum Gasteiger partial charge on any atom is -0.480 e. The van der Waals surface area contributed by atoms with Crippen molar-refractivity contribution in [2.75, 3.05) is 0 Å². The summed E-state index contributed by atoms with van der Waals surface area (Å²) < 4.78 is 18.4. The molecule has 0 fully saturated rings. The van der Waals surface area contributed by atoms with Crippen molar-refractivity contribution in [2.45, 2.75) is 19.9 Å². The summed E-state index contributed by atoms with van der Waals surface area (Å²) in [5, 5.41) is 11.5. The zero-order chi connectivity index (χ0) is 14.2. The van der Waals surface area contributed by atoms with Crippen molar-refractivity contribution in [1.82, 2.24) is 5.32 Å². The maximum atomic E-state index is 13.1. The molecule has 19 heavy (non-hydrogen) atoms. The van der Waals surface area contributed by atoms with Crippen LogP contribution in [-0.4, -0.2) is 23.0 Å². The average molecular weight is 265 g/mol. The van der Waals surface area contributed by atoms with Crippen molar-refractivity contribution < 1.29 is 23.5 Å². The third-order valence-electron chi connectivity index (χ3n) is 2.82. The summed E-state index contributed by atoms with van der Waals surface area (Å²) in [6.07, 6.45) is 0. The number of carboxylic acid groups (broad SMARTS) is 1. The number of carbonyl (C=O) groups is 2. The van der Waals surface area contributed by atoms with Crippen molar-refractivity contribution in [3.8, 4) is 0 Å². The number of aryl methyl sites for hydroxylation is 1. The van der Waals surface area contributed by atoms with E-state index in [0.717, 1.165) is 0 Å². The van der Waals surface area contributed by atoms with E-state index < -0.39 is 23.7 Å². The fourth-order valence-electron chi connectivity index (χ4n) is 1.73. The molecule has 0 aliphatic rings. The van der Waals surface area contributed by atoms with Crippen molar-refractivity contribution in [1.29, 1.82) is 0 Å². The molecule has 0 radical (unpaired) electrons. The number of furan rings is 1. The van der Waals surface area contributed by atoms with Gasteiger partial charge in [-0.15, -0.1) is 0 Å². The second-order valence-electron chi connectivity index (χ2n) is 4.23. The van der Waals surface area contributed by atoms with E-state index in [-0.39, 0.29) is 5.76 Å². The standard InChI is InChI=1S/C13H12FNO4/c1-6-9-5-8(14)3-4-10(9)19-11(6)12(16)15-7(2)13(17)18/h3-5,7H,1-2H3,(H,15,16)(H,17,18). The number of fused-ring (bicyclic) bond motifs is 1.